The van der Waals surface area contributed by atoms with E-state index in [-0.39, 0.29) is 0 Å². The highest BCUT2D eigenvalue weighted by Crippen LogP contribution is 2.34. The van der Waals surface area contributed by atoms with E-state index < -0.39 is 0 Å². The molecule has 1 saturated heterocycles. The van der Waals surface area contributed by atoms with Crippen LogP contribution in [-0.4, -0.2) is 33.2 Å². The molecule has 0 amide bonds. The molecule has 98 valence electrons. The van der Waals surface area contributed by atoms with Crippen molar-refractivity contribution in [1.29, 1.82) is 0 Å². The maximum absolute atomic E-state index is 5.92. The zero-order chi connectivity index (χ0) is 12.5. The van der Waals surface area contributed by atoms with Crippen LogP contribution >= 0.6 is 0 Å². The Morgan fingerprint density at radius 1 is 1.44 bits per heavy atom. The fraction of sp³-hybridized carbons (Fsp3) is 0.600. The molecule has 2 heterocycles. The molecular weight excluding hydrogens is 222 g/mol. The van der Waals surface area contributed by atoms with Gasteiger partial charge >= 0.3 is 0 Å². The standard InChI is InChI=1S/C15H23N3/c1-18-7-5-12-8-11(2-3-15(12)18)14-4-6-17-10-13(14)9-16/h2-3,8,13-14,17H,4-7,9-10,16H2,1H3. The SMILES string of the molecule is CN1CCc2cc(C3CCNCC3CN)ccc21. The number of nitrogens with one attached hydrogen (secondary N) is 1. The van der Waals surface area contributed by atoms with Gasteiger partial charge in [-0.15, -0.1) is 0 Å². The van der Waals surface area contributed by atoms with Gasteiger partial charge in [-0.05, 0) is 61.5 Å². The molecule has 1 aromatic rings. The van der Waals surface area contributed by atoms with Crippen molar-refractivity contribution in [2.24, 2.45) is 11.7 Å². The average molecular weight is 245 g/mol. The van der Waals surface area contributed by atoms with Crippen LogP contribution in [0, 0.1) is 5.92 Å². The van der Waals surface area contributed by atoms with Crippen LogP contribution in [0.15, 0.2) is 18.2 Å². The van der Waals surface area contributed by atoms with E-state index >= 15 is 0 Å². The second-order valence-electron chi connectivity index (χ2n) is 5.65. The molecule has 0 saturated carbocycles. The number of anilines is 1. The monoisotopic (exact) mass is 245 g/mol. The van der Waals surface area contributed by atoms with E-state index in [1.54, 1.807) is 0 Å². The smallest absolute Gasteiger partial charge is 0.0397 e. The summed E-state index contributed by atoms with van der Waals surface area (Å²) in [7, 11) is 2.18. The van der Waals surface area contributed by atoms with E-state index in [0.717, 1.165) is 26.2 Å². The number of rotatable bonds is 2. The number of benzene rings is 1. The molecule has 0 bridgehead atoms. The Labute approximate surface area is 109 Å². The van der Waals surface area contributed by atoms with Gasteiger partial charge in [0.05, 0.1) is 0 Å². The first-order chi connectivity index (χ1) is 8.79. The number of piperidine rings is 1. The van der Waals surface area contributed by atoms with Crippen LogP contribution in [-0.2, 0) is 6.42 Å². The normalized spacial score (nSPS) is 27.3. The molecule has 3 N–H and O–H groups in total. The molecule has 3 nitrogen and oxygen atoms in total. The summed E-state index contributed by atoms with van der Waals surface area (Å²) in [6.07, 6.45) is 2.41. The second kappa shape index (κ2) is 4.90. The van der Waals surface area contributed by atoms with Crippen LogP contribution in [0.1, 0.15) is 23.5 Å². The van der Waals surface area contributed by atoms with Crippen molar-refractivity contribution in [3.05, 3.63) is 29.3 Å². The third-order valence-corrected chi connectivity index (χ3v) is 4.57. The van der Waals surface area contributed by atoms with Crippen molar-refractivity contribution in [3.8, 4) is 0 Å². The minimum Gasteiger partial charge on any atom is -0.374 e. The van der Waals surface area contributed by atoms with Gasteiger partial charge in [0.1, 0.15) is 0 Å². The Morgan fingerprint density at radius 3 is 3.17 bits per heavy atom. The summed E-state index contributed by atoms with van der Waals surface area (Å²) in [6, 6.07) is 7.05. The first-order valence-corrected chi connectivity index (χ1v) is 7.04. The Hall–Kier alpha value is -1.06. The van der Waals surface area contributed by atoms with Gasteiger partial charge in [0.2, 0.25) is 0 Å². The molecule has 2 aliphatic heterocycles. The van der Waals surface area contributed by atoms with Crippen LogP contribution in [0.5, 0.6) is 0 Å². The van der Waals surface area contributed by atoms with Crippen LogP contribution in [0.25, 0.3) is 0 Å². The first-order valence-electron chi connectivity index (χ1n) is 7.04. The zero-order valence-electron chi connectivity index (χ0n) is 11.2. The van der Waals surface area contributed by atoms with Crippen molar-refractivity contribution in [3.63, 3.8) is 0 Å². The highest BCUT2D eigenvalue weighted by atomic mass is 15.1. The minimum absolute atomic E-state index is 0.593. The molecule has 0 spiro atoms. The number of likely N-dealkylation sites (N-methyl/N-ethyl adjacent to an activating group) is 1. The summed E-state index contributed by atoms with van der Waals surface area (Å²) in [5.41, 5.74) is 10.4. The summed E-state index contributed by atoms with van der Waals surface area (Å²) in [4.78, 5) is 2.35. The van der Waals surface area contributed by atoms with Gasteiger partial charge in [0.15, 0.2) is 0 Å². The molecule has 0 radical (unpaired) electrons. The van der Waals surface area contributed by atoms with Crippen LogP contribution < -0.4 is 16.0 Å². The van der Waals surface area contributed by atoms with E-state index in [0.29, 0.717) is 11.8 Å². The Bertz CT molecular complexity index is 430. The van der Waals surface area contributed by atoms with Crippen molar-refractivity contribution in [1.82, 2.24) is 5.32 Å². The van der Waals surface area contributed by atoms with Crippen LogP contribution in [0.3, 0.4) is 0 Å². The largest absolute Gasteiger partial charge is 0.374 e. The number of nitrogens with two attached hydrogens (primary N) is 1. The van der Waals surface area contributed by atoms with Crippen molar-refractivity contribution < 1.29 is 0 Å². The highest BCUT2D eigenvalue weighted by Gasteiger charge is 2.26. The first kappa shape index (κ1) is 12.0. The third kappa shape index (κ3) is 2.02. The Balaban J connectivity index is 1.88. The fourth-order valence-corrected chi connectivity index (χ4v) is 3.43. The lowest BCUT2D eigenvalue weighted by Crippen LogP contribution is -2.39. The number of hydrogen-bond donors (Lipinski definition) is 2. The molecule has 2 atom stereocenters. The summed E-state index contributed by atoms with van der Waals surface area (Å²) in [6.45, 7) is 4.14. The predicted octanol–water partition coefficient (Wildman–Crippen LogP) is 1.33. The average Bonchev–Trinajstić information content (AvgIpc) is 2.80. The van der Waals surface area contributed by atoms with Crippen molar-refractivity contribution >= 4 is 5.69 Å². The lowest BCUT2D eigenvalue weighted by atomic mass is 9.80. The van der Waals surface area contributed by atoms with Gasteiger partial charge in [-0.1, -0.05) is 12.1 Å². The van der Waals surface area contributed by atoms with Crippen molar-refractivity contribution in [2.75, 3.05) is 38.1 Å². The maximum atomic E-state index is 5.92. The van der Waals surface area contributed by atoms with E-state index in [2.05, 4.69) is 35.5 Å². The van der Waals surface area contributed by atoms with E-state index in [1.165, 1.54) is 29.7 Å². The van der Waals surface area contributed by atoms with Gasteiger partial charge in [-0.25, -0.2) is 0 Å². The number of nitrogens with zero attached hydrogens (tertiary/aromatic N) is 1. The lowest BCUT2D eigenvalue weighted by molar-refractivity contribution is 0.333. The van der Waals surface area contributed by atoms with Crippen molar-refractivity contribution in [2.45, 2.75) is 18.8 Å². The van der Waals surface area contributed by atoms with Crippen LogP contribution in [0.2, 0.25) is 0 Å². The summed E-state index contributed by atoms with van der Waals surface area (Å²) in [5, 5.41) is 3.46. The molecule has 0 aliphatic carbocycles. The van der Waals surface area contributed by atoms with Gasteiger partial charge in [0, 0.05) is 19.3 Å². The fourth-order valence-electron chi connectivity index (χ4n) is 3.43. The zero-order valence-corrected chi connectivity index (χ0v) is 11.2. The number of fused-ring (bicyclic) bond motifs is 1. The van der Waals surface area contributed by atoms with Crippen LogP contribution in [0.4, 0.5) is 5.69 Å². The molecule has 0 aromatic heterocycles. The number of hydrogen-bond acceptors (Lipinski definition) is 3. The molecule has 1 fully saturated rings. The summed E-state index contributed by atoms with van der Waals surface area (Å²) < 4.78 is 0. The lowest BCUT2D eigenvalue weighted by Gasteiger charge is -2.32. The second-order valence-corrected chi connectivity index (χ2v) is 5.65. The van der Waals surface area contributed by atoms with Gasteiger partial charge in [-0.3, -0.25) is 0 Å². The molecule has 2 aliphatic rings. The molecular formula is C15H23N3. The van der Waals surface area contributed by atoms with E-state index in [9.17, 15) is 0 Å². The topological polar surface area (TPSA) is 41.3 Å². The van der Waals surface area contributed by atoms with E-state index in [1.807, 2.05) is 0 Å². The molecule has 2 unspecified atom stereocenters. The maximum Gasteiger partial charge on any atom is 0.0397 e. The van der Waals surface area contributed by atoms with Gasteiger partial charge in [-0.2, -0.15) is 0 Å². The van der Waals surface area contributed by atoms with Gasteiger partial charge < -0.3 is 16.0 Å². The summed E-state index contributed by atoms with van der Waals surface area (Å²) >= 11 is 0. The molecule has 1 aromatic carbocycles. The molecule has 18 heavy (non-hydrogen) atoms. The summed E-state index contributed by atoms with van der Waals surface area (Å²) in [5.74, 6) is 1.24. The minimum atomic E-state index is 0.593. The molecule has 3 heteroatoms. The molecule has 3 rings (SSSR count). The van der Waals surface area contributed by atoms with Gasteiger partial charge in [0.25, 0.3) is 0 Å². The predicted molar refractivity (Wildman–Crippen MR) is 76.2 cm³/mol. The Morgan fingerprint density at radius 2 is 2.33 bits per heavy atom. The van der Waals surface area contributed by atoms with E-state index in [4.69, 9.17) is 5.73 Å². The highest BCUT2D eigenvalue weighted by molar-refractivity contribution is 5.58. The quantitative estimate of drug-likeness (QED) is 0.826. The Kier molecular flexibility index (Phi) is 3.27. The third-order valence-electron chi connectivity index (χ3n) is 4.57.